The van der Waals surface area contributed by atoms with Gasteiger partial charge in [-0.25, -0.2) is 4.98 Å². The number of nitrogens with two attached hydrogens (primary N) is 1. The molecule has 0 unspecified atom stereocenters. The van der Waals surface area contributed by atoms with Crippen molar-refractivity contribution in [3.63, 3.8) is 0 Å². The monoisotopic (exact) mass is 179 g/mol. The summed E-state index contributed by atoms with van der Waals surface area (Å²) in [6, 6.07) is 3.69. The first-order valence-electron chi connectivity index (χ1n) is 4.64. The van der Waals surface area contributed by atoms with Gasteiger partial charge in [0.1, 0.15) is 5.82 Å². The fourth-order valence-corrected chi connectivity index (χ4v) is 1.04. The van der Waals surface area contributed by atoms with E-state index in [0.717, 1.165) is 18.8 Å². The van der Waals surface area contributed by atoms with Gasteiger partial charge in [-0.3, -0.25) is 0 Å². The summed E-state index contributed by atoms with van der Waals surface area (Å²) in [6.07, 6.45) is 2.88. The van der Waals surface area contributed by atoms with Gasteiger partial charge < -0.3 is 11.1 Å². The quantitative estimate of drug-likeness (QED) is 0.744. The molecule has 0 aliphatic rings. The highest BCUT2D eigenvalue weighted by atomic mass is 15.0. The van der Waals surface area contributed by atoms with Crippen LogP contribution in [0.4, 0.5) is 11.5 Å². The van der Waals surface area contributed by atoms with Crippen LogP contribution in [-0.4, -0.2) is 11.5 Å². The number of nitrogens with zero attached hydrogens (tertiary/aromatic N) is 1. The molecular formula is C10H17N3. The second-order valence-corrected chi connectivity index (χ2v) is 3.55. The lowest BCUT2D eigenvalue weighted by atomic mass is 10.1. The van der Waals surface area contributed by atoms with Gasteiger partial charge in [0.05, 0.1) is 5.69 Å². The van der Waals surface area contributed by atoms with Gasteiger partial charge in [0.15, 0.2) is 0 Å². The van der Waals surface area contributed by atoms with Crippen LogP contribution in [0.5, 0.6) is 0 Å². The van der Waals surface area contributed by atoms with E-state index in [1.165, 1.54) is 0 Å². The Hall–Kier alpha value is -1.25. The average molecular weight is 179 g/mol. The third-order valence-corrected chi connectivity index (χ3v) is 1.85. The SMILES string of the molecule is CC(C)CCNc1ncccc1N. The number of anilines is 2. The maximum Gasteiger partial charge on any atom is 0.149 e. The first-order valence-corrected chi connectivity index (χ1v) is 4.64. The van der Waals surface area contributed by atoms with Gasteiger partial charge in [0.25, 0.3) is 0 Å². The zero-order valence-corrected chi connectivity index (χ0v) is 8.25. The summed E-state index contributed by atoms with van der Waals surface area (Å²) in [5.41, 5.74) is 6.43. The zero-order valence-electron chi connectivity index (χ0n) is 8.25. The standard InChI is InChI=1S/C10H17N3/c1-8(2)5-7-13-10-9(11)4-3-6-12-10/h3-4,6,8H,5,7,11H2,1-2H3,(H,12,13). The molecular weight excluding hydrogens is 162 g/mol. The van der Waals surface area contributed by atoms with Gasteiger partial charge in [0.2, 0.25) is 0 Å². The highest BCUT2D eigenvalue weighted by molar-refractivity contribution is 5.60. The molecule has 0 spiro atoms. The number of aromatic nitrogens is 1. The lowest BCUT2D eigenvalue weighted by Crippen LogP contribution is -2.07. The van der Waals surface area contributed by atoms with Crippen molar-refractivity contribution < 1.29 is 0 Å². The van der Waals surface area contributed by atoms with Gasteiger partial charge in [-0.15, -0.1) is 0 Å². The first kappa shape index (κ1) is 9.84. The van der Waals surface area contributed by atoms with Crippen molar-refractivity contribution in [1.29, 1.82) is 0 Å². The van der Waals surface area contributed by atoms with E-state index in [9.17, 15) is 0 Å². The summed E-state index contributed by atoms with van der Waals surface area (Å²) in [4.78, 5) is 4.14. The van der Waals surface area contributed by atoms with E-state index in [1.54, 1.807) is 6.20 Å². The van der Waals surface area contributed by atoms with Gasteiger partial charge in [-0.1, -0.05) is 13.8 Å². The summed E-state index contributed by atoms with van der Waals surface area (Å²) >= 11 is 0. The second kappa shape index (κ2) is 4.70. The van der Waals surface area contributed by atoms with Gasteiger partial charge >= 0.3 is 0 Å². The van der Waals surface area contributed by atoms with Crippen molar-refractivity contribution in [1.82, 2.24) is 4.98 Å². The van der Waals surface area contributed by atoms with Crippen LogP contribution in [0.2, 0.25) is 0 Å². The van der Waals surface area contributed by atoms with Crippen LogP contribution in [-0.2, 0) is 0 Å². The van der Waals surface area contributed by atoms with E-state index in [-0.39, 0.29) is 0 Å². The number of hydrogen-bond donors (Lipinski definition) is 2. The van der Waals surface area contributed by atoms with E-state index in [0.29, 0.717) is 11.6 Å². The molecule has 0 saturated carbocycles. The zero-order chi connectivity index (χ0) is 9.68. The molecule has 0 aliphatic heterocycles. The summed E-state index contributed by atoms with van der Waals surface area (Å²) < 4.78 is 0. The molecule has 3 heteroatoms. The Labute approximate surface area is 79.4 Å². The van der Waals surface area contributed by atoms with Crippen LogP contribution < -0.4 is 11.1 Å². The molecule has 0 bridgehead atoms. The Bertz CT molecular complexity index is 258. The molecule has 0 radical (unpaired) electrons. The third-order valence-electron chi connectivity index (χ3n) is 1.85. The Morgan fingerprint density at radius 1 is 1.54 bits per heavy atom. The Kier molecular flexibility index (Phi) is 3.55. The van der Waals surface area contributed by atoms with Crippen molar-refractivity contribution in [2.24, 2.45) is 5.92 Å². The normalized spacial score (nSPS) is 10.4. The molecule has 13 heavy (non-hydrogen) atoms. The molecule has 0 amide bonds. The van der Waals surface area contributed by atoms with Crippen LogP contribution in [0.1, 0.15) is 20.3 Å². The Balaban J connectivity index is 2.41. The minimum absolute atomic E-state index is 0.706. The van der Waals surface area contributed by atoms with Gasteiger partial charge in [0, 0.05) is 12.7 Å². The summed E-state index contributed by atoms with van der Waals surface area (Å²) in [7, 11) is 0. The molecule has 1 rings (SSSR count). The molecule has 1 aromatic heterocycles. The van der Waals surface area contributed by atoms with E-state index in [1.807, 2.05) is 12.1 Å². The Morgan fingerprint density at radius 3 is 2.92 bits per heavy atom. The summed E-state index contributed by atoms with van der Waals surface area (Å²) in [5.74, 6) is 1.50. The first-order chi connectivity index (χ1) is 6.20. The molecule has 1 heterocycles. The second-order valence-electron chi connectivity index (χ2n) is 3.55. The van der Waals surface area contributed by atoms with E-state index >= 15 is 0 Å². The smallest absolute Gasteiger partial charge is 0.149 e. The largest absolute Gasteiger partial charge is 0.396 e. The molecule has 3 N–H and O–H groups in total. The van der Waals surface area contributed by atoms with Crippen LogP contribution in [0.15, 0.2) is 18.3 Å². The molecule has 0 atom stereocenters. The molecule has 0 aromatic carbocycles. The maximum absolute atomic E-state index is 5.71. The van der Waals surface area contributed by atoms with Gasteiger partial charge in [-0.05, 0) is 24.5 Å². The number of hydrogen-bond acceptors (Lipinski definition) is 3. The molecule has 72 valence electrons. The Morgan fingerprint density at radius 2 is 2.31 bits per heavy atom. The molecule has 3 nitrogen and oxygen atoms in total. The molecule has 0 fully saturated rings. The number of rotatable bonds is 4. The predicted octanol–water partition coefficient (Wildman–Crippen LogP) is 2.12. The topological polar surface area (TPSA) is 50.9 Å². The predicted molar refractivity (Wildman–Crippen MR) is 56.6 cm³/mol. The fourth-order valence-electron chi connectivity index (χ4n) is 1.04. The van der Waals surface area contributed by atoms with Crippen molar-refractivity contribution in [2.45, 2.75) is 20.3 Å². The van der Waals surface area contributed by atoms with E-state index < -0.39 is 0 Å². The van der Waals surface area contributed by atoms with Crippen LogP contribution in [0.25, 0.3) is 0 Å². The van der Waals surface area contributed by atoms with Crippen molar-refractivity contribution >= 4 is 11.5 Å². The summed E-state index contributed by atoms with van der Waals surface area (Å²) in [6.45, 7) is 5.33. The highest BCUT2D eigenvalue weighted by Gasteiger charge is 1.98. The number of pyridine rings is 1. The summed E-state index contributed by atoms with van der Waals surface area (Å²) in [5, 5.41) is 3.21. The van der Waals surface area contributed by atoms with E-state index in [4.69, 9.17) is 5.73 Å². The average Bonchev–Trinajstić information content (AvgIpc) is 2.08. The minimum atomic E-state index is 0.706. The minimum Gasteiger partial charge on any atom is -0.396 e. The van der Waals surface area contributed by atoms with Crippen LogP contribution in [0.3, 0.4) is 0 Å². The lowest BCUT2D eigenvalue weighted by Gasteiger charge is -2.08. The number of nitrogens with one attached hydrogen (secondary N) is 1. The lowest BCUT2D eigenvalue weighted by molar-refractivity contribution is 0.607. The van der Waals surface area contributed by atoms with Crippen molar-refractivity contribution in [2.75, 3.05) is 17.6 Å². The van der Waals surface area contributed by atoms with Crippen LogP contribution >= 0.6 is 0 Å². The van der Waals surface area contributed by atoms with Crippen molar-refractivity contribution in [3.05, 3.63) is 18.3 Å². The molecule has 0 saturated heterocycles. The van der Waals surface area contributed by atoms with Gasteiger partial charge in [-0.2, -0.15) is 0 Å². The van der Waals surface area contributed by atoms with E-state index in [2.05, 4.69) is 24.1 Å². The molecule has 1 aromatic rings. The maximum atomic E-state index is 5.71. The highest BCUT2D eigenvalue weighted by Crippen LogP contribution is 2.13. The fraction of sp³-hybridized carbons (Fsp3) is 0.500. The number of nitrogen functional groups attached to an aromatic ring is 1. The van der Waals surface area contributed by atoms with Crippen molar-refractivity contribution in [3.8, 4) is 0 Å². The molecule has 0 aliphatic carbocycles. The van der Waals surface area contributed by atoms with Crippen LogP contribution in [0, 0.1) is 5.92 Å². The third kappa shape index (κ3) is 3.32.